The molecule has 170 valence electrons. The van der Waals surface area contributed by atoms with Gasteiger partial charge in [-0.15, -0.1) is 0 Å². The van der Waals surface area contributed by atoms with Crippen LogP contribution in [0.4, 0.5) is 5.13 Å². The third-order valence-electron chi connectivity index (χ3n) is 5.52. The highest BCUT2D eigenvalue weighted by Crippen LogP contribution is 2.26. The van der Waals surface area contributed by atoms with Crippen LogP contribution in [0, 0.1) is 0 Å². The molecule has 10 heteroatoms. The Morgan fingerprint density at radius 3 is 2.50 bits per heavy atom. The van der Waals surface area contributed by atoms with Crippen LogP contribution in [0.1, 0.15) is 19.8 Å². The van der Waals surface area contributed by atoms with Crippen LogP contribution < -0.4 is 15.4 Å². The van der Waals surface area contributed by atoms with Gasteiger partial charge in [0.1, 0.15) is 11.8 Å². The van der Waals surface area contributed by atoms with E-state index in [-0.39, 0.29) is 16.8 Å². The molecule has 3 aromatic rings. The van der Waals surface area contributed by atoms with Gasteiger partial charge in [-0.2, -0.15) is 4.31 Å². The summed E-state index contributed by atoms with van der Waals surface area (Å²) in [6, 6.07) is 13.7. The molecule has 2 heterocycles. The Hall–Kier alpha value is -2.69. The van der Waals surface area contributed by atoms with Crippen LogP contribution in [0.25, 0.3) is 10.2 Å². The molecule has 0 aliphatic carbocycles. The number of carbonyl (C=O) groups is 1. The Morgan fingerprint density at radius 1 is 1.16 bits per heavy atom. The van der Waals surface area contributed by atoms with Gasteiger partial charge in [-0.25, -0.2) is 13.4 Å². The van der Waals surface area contributed by atoms with E-state index in [1.165, 1.54) is 22.8 Å². The smallest absolute Gasteiger partial charge is 0.243 e. The number of rotatable bonds is 7. The van der Waals surface area contributed by atoms with Crippen LogP contribution in [0.2, 0.25) is 0 Å². The number of hydrogen-bond donors (Lipinski definition) is 2. The molecule has 1 atom stereocenters. The molecule has 2 N–H and O–H groups in total. The van der Waals surface area contributed by atoms with Gasteiger partial charge in [0.05, 0.1) is 22.2 Å². The van der Waals surface area contributed by atoms with E-state index in [0.717, 1.165) is 10.2 Å². The first-order valence-electron chi connectivity index (χ1n) is 10.4. The number of benzene rings is 2. The van der Waals surface area contributed by atoms with Gasteiger partial charge in [-0.3, -0.25) is 4.79 Å². The number of piperidine rings is 1. The zero-order valence-electron chi connectivity index (χ0n) is 17.9. The monoisotopic (exact) mass is 474 g/mol. The predicted octanol–water partition coefficient (Wildman–Crippen LogP) is 3.07. The van der Waals surface area contributed by atoms with Gasteiger partial charge >= 0.3 is 0 Å². The standard InChI is InChI=1S/C22H26N4O4S2/c1-15(23-22-25-19-5-3-4-6-20(19)31-22)21(27)24-16-11-13-26(14-12-16)32(28,29)18-9-7-17(30-2)8-10-18/h3-10,15-16H,11-14H2,1-2H3,(H,23,25)(H,24,27). The zero-order valence-corrected chi connectivity index (χ0v) is 19.6. The van der Waals surface area contributed by atoms with Gasteiger partial charge in [0.2, 0.25) is 15.9 Å². The van der Waals surface area contributed by atoms with Crippen molar-refractivity contribution in [2.45, 2.75) is 36.7 Å². The van der Waals surface area contributed by atoms with Crippen LogP contribution in [0.3, 0.4) is 0 Å². The van der Waals surface area contributed by atoms with E-state index >= 15 is 0 Å². The highest BCUT2D eigenvalue weighted by Gasteiger charge is 2.30. The van der Waals surface area contributed by atoms with Crippen molar-refractivity contribution >= 4 is 42.6 Å². The van der Waals surface area contributed by atoms with E-state index in [0.29, 0.717) is 36.8 Å². The van der Waals surface area contributed by atoms with Crippen molar-refractivity contribution in [3.63, 3.8) is 0 Å². The number of thiazole rings is 1. The number of ether oxygens (including phenoxy) is 1. The van der Waals surface area contributed by atoms with Crippen LogP contribution >= 0.6 is 11.3 Å². The Morgan fingerprint density at radius 2 is 1.84 bits per heavy atom. The fourth-order valence-corrected chi connectivity index (χ4v) is 6.07. The van der Waals surface area contributed by atoms with Crippen molar-refractivity contribution in [2.24, 2.45) is 0 Å². The maximum absolute atomic E-state index is 12.9. The molecule has 4 rings (SSSR count). The summed E-state index contributed by atoms with van der Waals surface area (Å²) in [4.78, 5) is 17.4. The quantitative estimate of drug-likeness (QED) is 0.546. The van der Waals surface area contributed by atoms with Gasteiger partial charge < -0.3 is 15.4 Å². The molecular formula is C22H26N4O4S2. The Bertz CT molecular complexity index is 1150. The molecule has 0 saturated carbocycles. The van der Waals surface area contributed by atoms with Gasteiger partial charge in [0.25, 0.3) is 0 Å². The number of amides is 1. The lowest BCUT2D eigenvalue weighted by molar-refractivity contribution is -0.122. The SMILES string of the molecule is COc1ccc(S(=O)(=O)N2CCC(NC(=O)C(C)Nc3nc4ccccc4s3)CC2)cc1. The molecule has 1 amide bonds. The van der Waals surface area contributed by atoms with Gasteiger partial charge in [0, 0.05) is 19.1 Å². The van der Waals surface area contributed by atoms with Gasteiger partial charge in [-0.1, -0.05) is 23.5 Å². The largest absolute Gasteiger partial charge is 0.497 e. The van der Waals surface area contributed by atoms with Gasteiger partial charge in [-0.05, 0) is 56.2 Å². The summed E-state index contributed by atoms with van der Waals surface area (Å²) in [7, 11) is -2.02. The first kappa shape index (κ1) is 22.5. The molecule has 1 aromatic heterocycles. The molecule has 1 aliphatic heterocycles. The fraction of sp³-hybridized carbons (Fsp3) is 0.364. The number of hydrogen-bond acceptors (Lipinski definition) is 7. The lowest BCUT2D eigenvalue weighted by Crippen LogP contribution is -2.49. The number of aromatic nitrogens is 1. The predicted molar refractivity (Wildman–Crippen MR) is 126 cm³/mol. The summed E-state index contributed by atoms with van der Waals surface area (Å²) >= 11 is 1.51. The van der Waals surface area contributed by atoms with E-state index in [1.807, 2.05) is 24.3 Å². The summed E-state index contributed by atoms with van der Waals surface area (Å²) in [5.41, 5.74) is 0.901. The number of fused-ring (bicyclic) bond motifs is 1. The molecule has 1 saturated heterocycles. The zero-order chi connectivity index (χ0) is 22.7. The number of nitrogens with one attached hydrogen (secondary N) is 2. The molecule has 2 aromatic carbocycles. The van der Waals surface area contributed by atoms with Crippen LogP contribution in [-0.4, -0.2) is 55.9 Å². The lowest BCUT2D eigenvalue weighted by atomic mass is 10.1. The number of methoxy groups -OCH3 is 1. The highest BCUT2D eigenvalue weighted by atomic mass is 32.2. The summed E-state index contributed by atoms with van der Waals surface area (Å²) in [6.45, 7) is 2.52. The second-order valence-corrected chi connectivity index (χ2v) is 10.7. The number of anilines is 1. The minimum absolute atomic E-state index is 0.0653. The Balaban J connectivity index is 1.30. The number of nitrogens with zero attached hydrogens (tertiary/aromatic N) is 2. The maximum atomic E-state index is 12.9. The van der Waals surface area contributed by atoms with Crippen molar-refractivity contribution < 1.29 is 17.9 Å². The van der Waals surface area contributed by atoms with Crippen molar-refractivity contribution in [3.8, 4) is 5.75 Å². The number of para-hydroxylation sites is 1. The third-order valence-corrected chi connectivity index (χ3v) is 8.41. The van der Waals surface area contributed by atoms with E-state index < -0.39 is 16.1 Å². The fourth-order valence-electron chi connectivity index (χ4n) is 3.65. The molecule has 1 fully saturated rings. The molecule has 8 nitrogen and oxygen atoms in total. The van der Waals surface area contributed by atoms with Crippen molar-refractivity contribution in [2.75, 3.05) is 25.5 Å². The lowest BCUT2D eigenvalue weighted by Gasteiger charge is -2.32. The second-order valence-electron chi connectivity index (χ2n) is 7.72. The molecule has 1 aliphatic rings. The maximum Gasteiger partial charge on any atom is 0.243 e. The Kier molecular flexibility index (Phi) is 6.63. The number of carbonyl (C=O) groups excluding carboxylic acids is 1. The topological polar surface area (TPSA) is 101 Å². The molecule has 0 bridgehead atoms. The van der Waals surface area contributed by atoms with E-state index in [1.54, 1.807) is 31.2 Å². The molecule has 0 radical (unpaired) electrons. The Labute approximate surface area is 191 Å². The van der Waals surface area contributed by atoms with E-state index in [2.05, 4.69) is 15.6 Å². The second kappa shape index (κ2) is 9.43. The average molecular weight is 475 g/mol. The first-order chi connectivity index (χ1) is 15.4. The van der Waals surface area contributed by atoms with E-state index in [4.69, 9.17) is 4.74 Å². The average Bonchev–Trinajstić information content (AvgIpc) is 3.21. The summed E-state index contributed by atoms with van der Waals surface area (Å²) in [5, 5.41) is 6.90. The van der Waals surface area contributed by atoms with Crippen molar-refractivity contribution in [1.82, 2.24) is 14.6 Å². The molecule has 1 unspecified atom stereocenters. The highest BCUT2D eigenvalue weighted by molar-refractivity contribution is 7.89. The van der Waals surface area contributed by atoms with Crippen LogP contribution in [0.15, 0.2) is 53.4 Å². The third kappa shape index (κ3) is 4.87. The van der Waals surface area contributed by atoms with Gasteiger partial charge in [0.15, 0.2) is 5.13 Å². The van der Waals surface area contributed by atoms with E-state index in [9.17, 15) is 13.2 Å². The molecular weight excluding hydrogens is 448 g/mol. The summed E-state index contributed by atoms with van der Waals surface area (Å²) in [5.74, 6) is 0.486. The number of sulfonamides is 1. The first-order valence-corrected chi connectivity index (χ1v) is 12.7. The van der Waals surface area contributed by atoms with Crippen molar-refractivity contribution in [1.29, 1.82) is 0 Å². The summed E-state index contributed by atoms with van der Waals surface area (Å²) in [6.07, 6.45) is 1.13. The molecule has 0 spiro atoms. The minimum Gasteiger partial charge on any atom is -0.497 e. The minimum atomic E-state index is -3.56. The van der Waals surface area contributed by atoms with Crippen molar-refractivity contribution in [3.05, 3.63) is 48.5 Å². The van der Waals surface area contributed by atoms with Crippen LogP contribution in [0.5, 0.6) is 5.75 Å². The molecule has 32 heavy (non-hydrogen) atoms. The normalized spacial score (nSPS) is 16.6. The summed E-state index contributed by atoms with van der Waals surface area (Å²) < 4.78 is 33.4. The van der Waals surface area contributed by atoms with Crippen LogP contribution in [-0.2, 0) is 14.8 Å².